The summed E-state index contributed by atoms with van der Waals surface area (Å²) in [5.74, 6) is -1.64. The molecular formula is C19H15Cl2F2N5O7S. The van der Waals surface area contributed by atoms with Crippen LogP contribution in [0.25, 0.3) is 5.69 Å². The zero-order valence-corrected chi connectivity index (χ0v) is 20.2. The first-order valence-corrected chi connectivity index (χ1v) is 11.8. The molecule has 17 heteroatoms. The maximum Gasteiger partial charge on any atom is 0.349 e. The molecule has 0 radical (unpaired) electrons. The lowest BCUT2D eigenvalue weighted by Crippen LogP contribution is -2.35. The van der Waals surface area contributed by atoms with Crippen molar-refractivity contribution in [2.75, 3.05) is 13.6 Å². The third-order valence-corrected chi connectivity index (χ3v) is 6.42. The number of hydrogen-bond donors (Lipinski definition) is 4. The maximum atomic E-state index is 13.0. The number of likely N-dealkylation sites (N-methyl/N-ethyl adjacent to an activating group) is 1. The topological polar surface area (TPSA) is 172 Å². The Morgan fingerprint density at radius 2 is 1.86 bits per heavy atom. The van der Waals surface area contributed by atoms with E-state index in [4.69, 9.17) is 27.9 Å². The highest BCUT2D eigenvalue weighted by atomic mass is 35.5. The number of benzene rings is 2. The van der Waals surface area contributed by atoms with E-state index in [1.165, 1.54) is 13.1 Å². The highest BCUT2D eigenvalue weighted by Gasteiger charge is 2.22. The molecule has 0 unspecified atom stereocenters. The first kappa shape index (κ1) is 27.1. The number of carbonyl (C=O) groups excluding carboxylic acids is 1. The smallest absolute Gasteiger partial charge is 0.349 e. The van der Waals surface area contributed by atoms with E-state index in [1.54, 1.807) is 4.98 Å². The lowest BCUT2D eigenvalue weighted by atomic mass is 10.3. The van der Waals surface area contributed by atoms with E-state index in [1.807, 2.05) is 4.72 Å². The van der Waals surface area contributed by atoms with Gasteiger partial charge in [0, 0.05) is 13.1 Å². The van der Waals surface area contributed by atoms with Gasteiger partial charge in [-0.25, -0.2) is 26.7 Å². The van der Waals surface area contributed by atoms with Crippen molar-refractivity contribution in [2.45, 2.75) is 11.3 Å². The number of nitrogens with one attached hydrogen (secondary N) is 3. The minimum atomic E-state index is -4.34. The third-order valence-electron chi connectivity index (χ3n) is 4.43. The lowest BCUT2D eigenvalue weighted by molar-refractivity contribution is -0.119. The number of rotatable bonds is 8. The Kier molecular flexibility index (Phi) is 7.98. The second-order valence-corrected chi connectivity index (χ2v) is 9.37. The molecule has 12 nitrogen and oxygen atoms in total. The van der Waals surface area contributed by atoms with Gasteiger partial charge in [-0.05, 0) is 24.3 Å². The number of H-pyrrole nitrogens is 1. The van der Waals surface area contributed by atoms with Crippen LogP contribution in [0.15, 0.2) is 44.8 Å². The van der Waals surface area contributed by atoms with Crippen molar-refractivity contribution in [1.82, 2.24) is 24.8 Å². The summed E-state index contributed by atoms with van der Waals surface area (Å²) in [6.07, 6.45) is -3.26. The van der Waals surface area contributed by atoms with Crippen LogP contribution < -0.4 is 26.0 Å². The first-order valence-electron chi connectivity index (χ1n) is 9.56. The number of nitrogens with zero attached hydrogens (tertiary/aromatic N) is 2. The number of aromatic amines is 1. The van der Waals surface area contributed by atoms with Crippen LogP contribution in [0.1, 0.15) is 12.1 Å². The molecule has 2 aromatic carbocycles. The molecule has 3 rings (SSSR count). The zero-order chi connectivity index (χ0) is 26.8. The van der Waals surface area contributed by atoms with Crippen molar-refractivity contribution >= 4 is 39.1 Å². The van der Waals surface area contributed by atoms with Crippen molar-refractivity contribution < 1.29 is 31.8 Å². The average Bonchev–Trinajstić information content (AvgIpc) is 2.80. The monoisotopic (exact) mass is 565 g/mol. The van der Waals surface area contributed by atoms with Gasteiger partial charge in [0.2, 0.25) is 15.9 Å². The van der Waals surface area contributed by atoms with Gasteiger partial charge < -0.3 is 15.2 Å². The Hall–Kier alpha value is -3.53. The lowest BCUT2D eigenvalue weighted by Gasteiger charge is -2.14. The molecule has 0 atom stereocenters. The number of halogens is 4. The van der Waals surface area contributed by atoms with Crippen molar-refractivity contribution in [3.8, 4) is 22.9 Å². The van der Waals surface area contributed by atoms with E-state index in [2.05, 4.69) is 10.4 Å². The number of amides is 1. The molecule has 4 N–H and O–H groups in total. The zero-order valence-electron chi connectivity index (χ0n) is 17.9. The minimum absolute atomic E-state index is 0.149. The summed E-state index contributed by atoms with van der Waals surface area (Å²) < 4.78 is 59.0. The first-order chi connectivity index (χ1) is 16.8. The molecule has 0 saturated carbocycles. The van der Waals surface area contributed by atoms with E-state index < -0.39 is 56.5 Å². The van der Waals surface area contributed by atoms with E-state index >= 15 is 0 Å². The molecule has 0 aliphatic rings. The van der Waals surface area contributed by atoms with E-state index in [9.17, 15) is 36.7 Å². The predicted molar refractivity (Wildman–Crippen MR) is 123 cm³/mol. The molecule has 1 aromatic heterocycles. The van der Waals surface area contributed by atoms with Crippen LogP contribution in [0, 0.1) is 0 Å². The molecule has 0 bridgehead atoms. The summed E-state index contributed by atoms with van der Waals surface area (Å²) in [5, 5.41) is 15.1. The molecule has 0 fully saturated rings. The van der Waals surface area contributed by atoms with E-state index in [-0.39, 0.29) is 27.2 Å². The van der Waals surface area contributed by atoms with Gasteiger partial charge in [-0.2, -0.15) is 9.78 Å². The highest BCUT2D eigenvalue weighted by Crippen LogP contribution is 2.39. The number of phenolic OH excluding ortho intramolecular Hbond substituents is 1. The molecule has 0 spiro atoms. The highest BCUT2D eigenvalue weighted by molar-refractivity contribution is 7.89. The Morgan fingerprint density at radius 3 is 2.44 bits per heavy atom. The largest absolute Gasteiger partial charge is 0.507 e. The molecule has 1 amide bonds. The molecule has 0 aliphatic carbocycles. The molecule has 0 saturated heterocycles. The Labute approximate surface area is 210 Å². The fraction of sp³-hybridized carbons (Fsp3) is 0.158. The summed E-state index contributed by atoms with van der Waals surface area (Å²) in [4.78, 5) is 36.0. The van der Waals surface area contributed by atoms with Crippen LogP contribution in [0.4, 0.5) is 8.78 Å². The van der Waals surface area contributed by atoms with Crippen molar-refractivity contribution in [3.63, 3.8) is 0 Å². The standard InChI is InChI=1S/C19H15Cl2F2N5O7S/c1-24-14(30)7-25-36(33,34)13-6-9(2-3-12(13)29)35-16-10(20)4-8(5-11(16)21)28-19(32)26-18(31)15(27-28)17(22)23/h2-6,17,25,29H,7H2,1H3,(H,24,30)(H,26,31,32). The number of aromatic hydroxyl groups is 1. The van der Waals surface area contributed by atoms with Gasteiger partial charge in [0.1, 0.15) is 16.4 Å². The molecular weight excluding hydrogens is 551 g/mol. The second kappa shape index (κ2) is 10.6. The fourth-order valence-corrected chi connectivity index (χ4v) is 4.36. The number of aromatic nitrogens is 3. The van der Waals surface area contributed by atoms with Crippen LogP contribution >= 0.6 is 23.2 Å². The van der Waals surface area contributed by atoms with Crippen LogP contribution in [-0.4, -0.2) is 47.8 Å². The van der Waals surface area contributed by atoms with Crippen molar-refractivity contribution in [2.24, 2.45) is 0 Å². The van der Waals surface area contributed by atoms with Gasteiger partial charge in [0.25, 0.3) is 12.0 Å². The van der Waals surface area contributed by atoms with Crippen molar-refractivity contribution in [1.29, 1.82) is 0 Å². The maximum absolute atomic E-state index is 13.0. The van der Waals surface area contributed by atoms with Crippen LogP contribution in [-0.2, 0) is 14.8 Å². The second-order valence-electron chi connectivity index (χ2n) is 6.82. The van der Waals surface area contributed by atoms with Gasteiger partial charge in [-0.15, -0.1) is 0 Å². The third kappa shape index (κ3) is 5.81. The summed E-state index contributed by atoms with van der Waals surface area (Å²) in [6.45, 7) is -0.589. The van der Waals surface area contributed by atoms with Crippen LogP contribution in [0.3, 0.4) is 0 Å². The molecule has 1 heterocycles. The molecule has 192 valence electrons. The van der Waals surface area contributed by atoms with Crippen LogP contribution in [0.2, 0.25) is 10.0 Å². The Balaban J connectivity index is 1.97. The number of carbonyl (C=O) groups is 1. The minimum Gasteiger partial charge on any atom is -0.507 e. The van der Waals surface area contributed by atoms with Gasteiger partial charge in [0.05, 0.1) is 22.3 Å². The van der Waals surface area contributed by atoms with Crippen LogP contribution in [0.5, 0.6) is 17.2 Å². The summed E-state index contributed by atoms with van der Waals surface area (Å²) >= 11 is 12.4. The number of alkyl halides is 2. The quantitative estimate of drug-likeness (QED) is 0.319. The normalized spacial score (nSPS) is 11.5. The summed E-state index contributed by atoms with van der Waals surface area (Å²) in [7, 11) is -3.03. The summed E-state index contributed by atoms with van der Waals surface area (Å²) in [6, 6.07) is 5.29. The SMILES string of the molecule is CNC(=O)CNS(=O)(=O)c1cc(Oc2c(Cl)cc(-n3nc(C(F)F)c(=O)[nH]c3=O)cc2Cl)ccc1O. The number of ether oxygens (including phenoxy) is 1. The summed E-state index contributed by atoms with van der Waals surface area (Å²) in [5.41, 5.74) is -3.88. The van der Waals surface area contributed by atoms with Gasteiger partial charge >= 0.3 is 5.69 Å². The van der Waals surface area contributed by atoms with Gasteiger partial charge in [-0.1, -0.05) is 23.2 Å². The molecule has 3 aromatic rings. The van der Waals surface area contributed by atoms with Gasteiger partial charge in [-0.3, -0.25) is 14.6 Å². The van der Waals surface area contributed by atoms with E-state index in [0.717, 1.165) is 24.3 Å². The van der Waals surface area contributed by atoms with E-state index in [0.29, 0.717) is 4.68 Å². The fourth-order valence-electron chi connectivity index (χ4n) is 2.71. The number of hydrogen-bond acceptors (Lipinski definition) is 8. The Morgan fingerprint density at radius 1 is 1.22 bits per heavy atom. The van der Waals surface area contributed by atoms with Crippen molar-refractivity contribution in [3.05, 3.63) is 66.9 Å². The molecule has 0 aliphatic heterocycles. The molecule has 36 heavy (non-hydrogen) atoms. The number of sulfonamides is 1. The average molecular weight is 566 g/mol. The van der Waals surface area contributed by atoms with Gasteiger partial charge in [0.15, 0.2) is 11.4 Å². The Bertz CT molecular complexity index is 1540. The predicted octanol–water partition coefficient (Wildman–Crippen LogP) is 1.69. The number of phenols is 1.